The Hall–Kier alpha value is -1.14. The Bertz CT molecular complexity index is 326. The van der Waals surface area contributed by atoms with Gasteiger partial charge in [0, 0.05) is 13.2 Å². The van der Waals surface area contributed by atoms with Crippen LogP contribution in [-0.4, -0.2) is 62.8 Å². The molecule has 1 rings (SSSR count). The van der Waals surface area contributed by atoms with E-state index in [1.54, 1.807) is 0 Å². The average Bonchev–Trinajstić information content (AvgIpc) is 2.46. The average molecular weight is 300 g/mol. The molecule has 0 radical (unpaired) electrons. The second-order valence-corrected chi connectivity index (χ2v) is 5.70. The molecule has 0 aromatic heterocycles. The van der Waals surface area contributed by atoms with Crippen LogP contribution < -0.4 is 5.32 Å². The normalized spacial score (nSPS) is 17.0. The van der Waals surface area contributed by atoms with Gasteiger partial charge in [0.2, 0.25) is 5.91 Å². The standard InChI is InChI=1S/C15H28N2O4/c1-12(2)21-10-4-7-16-14(18)11-17-8-5-13(6-9-17)15(19)20-3/h12-13H,4-11H2,1-3H3,(H,16,18). The molecule has 122 valence electrons. The summed E-state index contributed by atoms with van der Waals surface area (Å²) >= 11 is 0. The van der Waals surface area contributed by atoms with Gasteiger partial charge in [-0.05, 0) is 46.2 Å². The van der Waals surface area contributed by atoms with E-state index >= 15 is 0 Å². The number of ether oxygens (including phenoxy) is 2. The number of nitrogens with one attached hydrogen (secondary N) is 1. The monoisotopic (exact) mass is 300 g/mol. The summed E-state index contributed by atoms with van der Waals surface area (Å²) in [5.74, 6) is -0.109. The van der Waals surface area contributed by atoms with Gasteiger partial charge in [-0.3, -0.25) is 14.5 Å². The fourth-order valence-corrected chi connectivity index (χ4v) is 2.37. The number of hydrogen-bond acceptors (Lipinski definition) is 5. The van der Waals surface area contributed by atoms with Gasteiger partial charge in [-0.1, -0.05) is 0 Å². The first-order chi connectivity index (χ1) is 10.0. The van der Waals surface area contributed by atoms with Crippen LogP contribution in [0.5, 0.6) is 0 Å². The van der Waals surface area contributed by atoms with Gasteiger partial charge in [-0.25, -0.2) is 0 Å². The maximum absolute atomic E-state index is 11.8. The Kier molecular flexibility index (Phi) is 8.30. The van der Waals surface area contributed by atoms with Crippen molar-refractivity contribution in [2.75, 3.05) is 39.9 Å². The summed E-state index contributed by atoms with van der Waals surface area (Å²) < 4.78 is 10.2. The summed E-state index contributed by atoms with van der Waals surface area (Å²) in [6, 6.07) is 0. The van der Waals surface area contributed by atoms with Crippen LogP contribution in [0.1, 0.15) is 33.1 Å². The molecule has 0 aliphatic carbocycles. The van der Waals surface area contributed by atoms with Gasteiger partial charge in [0.1, 0.15) is 0 Å². The number of carbonyl (C=O) groups excluding carboxylic acids is 2. The van der Waals surface area contributed by atoms with E-state index in [0.29, 0.717) is 19.7 Å². The Balaban J connectivity index is 2.09. The van der Waals surface area contributed by atoms with Crippen molar-refractivity contribution < 1.29 is 19.1 Å². The predicted molar refractivity (Wildman–Crippen MR) is 79.9 cm³/mol. The van der Waals surface area contributed by atoms with Crippen molar-refractivity contribution in [2.24, 2.45) is 5.92 Å². The quantitative estimate of drug-likeness (QED) is 0.530. The van der Waals surface area contributed by atoms with Crippen molar-refractivity contribution >= 4 is 11.9 Å². The van der Waals surface area contributed by atoms with Crippen LogP contribution in [0.25, 0.3) is 0 Å². The van der Waals surface area contributed by atoms with E-state index in [0.717, 1.165) is 32.4 Å². The van der Waals surface area contributed by atoms with Crippen LogP contribution in [0.2, 0.25) is 0 Å². The molecule has 0 aromatic rings. The van der Waals surface area contributed by atoms with Gasteiger partial charge in [0.15, 0.2) is 0 Å². The Labute approximate surface area is 127 Å². The molecule has 1 fully saturated rings. The van der Waals surface area contributed by atoms with E-state index in [9.17, 15) is 9.59 Å². The third-order valence-electron chi connectivity index (χ3n) is 3.58. The molecular weight excluding hydrogens is 272 g/mol. The van der Waals surface area contributed by atoms with Gasteiger partial charge in [-0.15, -0.1) is 0 Å². The van der Waals surface area contributed by atoms with E-state index < -0.39 is 0 Å². The number of hydrogen-bond donors (Lipinski definition) is 1. The molecule has 0 aromatic carbocycles. The first-order valence-electron chi connectivity index (χ1n) is 7.71. The second-order valence-electron chi connectivity index (χ2n) is 5.70. The molecule has 0 atom stereocenters. The molecule has 1 aliphatic heterocycles. The number of likely N-dealkylation sites (tertiary alicyclic amines) is 1. The topological polar surface area (TPSA) is 67.9 Å². The smallest absolute Gasteiger partial charge is 0.308 e. The zero-order valence-electron chi connectivity index (χ0n) is 13.4. The number of nitrogens with zero attached hydrogens (tertiary/aromatic N) is 1. The fraction of sp³-hybridized carbons (Fsp3) is 0.867. The van der Waals surface area contributed by atoms with E-state index in [1.165, 1.54) is 7.11 Å². The number of methoxy groups -OCH3 is 1. The van der Waals surface area contributed by atoms with Gasteiger partial charge >= 0.3 is 5.97 Å². The predicted octanol–water partition coefficient (Wildman–Crippen LogP) is 0.803. The van der Waals surface area contributed by atoms with Crippen molar-refractivity contribution in [1.29, 1.82) is 0 Å². The third-order valence-corrected chi connectivity index (χ3v) is 3.58. The highest BCUT2D eigenvalue weighted by Crippen LogP contribution is 2.17. The lowest BCUT2D eigenvalue weighted by atomic mass is 9.97. The van der Waals surface area contributed by atoms with Crippen LogP contribution in [0.3, 0.4) is 0 Å². The summed E-state index contributed by atoms with van der Waals surface area (Å²) in [5, 5.41) is 2.90. The van der Waals surface area contributed by atoms with Gasteiger partial charge in [-0.2, -0.15) is 0 Å². The molecule has 21 heavy (non-hydrogen) atoms. The zero-order chi connectivity index (χ0) is 15.7. The minimum atomic E-state index is -0.135. The largest absolute Gasteiger partial charge is 0.469 e. The van der Waals surface area contributed by atoms with E-state index in [2.05, 4.69) is 10.2 Å². The number of esters is 1. The summed E-state index contributed by atoms with van der Waals surface area (Å²) in [6.45, 7) is 7.24. The lowest BCUT2D eigenvalue weighted by molar-refractivity contribution is -0.147. The first kappa shape index (κ1) is 17.9. The lowest BCUT2D eigenvalue weighted by Gasteiger charge is -2.29. The number of carbonyl (C=O) groups is 2. The van der Waals surface area contributed by atoms with Crippen LogP contribution in [0.15, 0.2) is 0 Å². The Morgan fingerprint density at radius 2 is 1.95 bits per heavy atom. The van der Waals surface area contributed by atoms with Gasteiger partial charge in [0.25, 0.3) is 0 Å². The molecule has 0 bridgehead atoms. The molecule has 1 saturated heterocycles. The third kappa shape index (κ3) is 7.43. The minimum Gasteiger partial charge on any atom is -0.469 e. The molecule has 6 heteroatoms. The molecular formula is C15H28N2O4. The Morgan fingerprint density at radius 3 is 2.52 bits per heavy atom. The summed E-state index contributed by atoms with van der Waals surface area (Å²) in [6.07, 6.45) is 2.59. The number of amides is 1. The van der Waals surface area contributed by atoms with E-state index in [4.69, 9.17) is 9.47 Å². The molecule has 1 N–H and O–H groups in total. The lowest BCUT2D eigenvalue weighted by Crippen LogP contribution is -2.43. The maximum Gasteiger partial charge on any atom is 0.308 e. The van der Waals surface area contributed by atoms with E-state index in [1.807, 2.05) is 13.8 Å². The maximum atomic E-state index is 11.8. The minimum absolute atomic E-state index is 0.0116. The SMILES string of the molecule is COC(=O)C1CCN(CC(=O)NCCCOC(C)C)CC1. The van der Waals surface area contributed by atoms with Crippen molar-refractivity contribution in [3.05, 3.63) is 0 Å². The first-order valence-corrected chi connectivity index (χ1v) is 7.71. The van der Waals surface area contributed by atoms with Gasteiger partial charge in [0.05, 0.1) is 25.7 Å². The van der Waals surface area contributed by atoms with Crippen molar-refractivity contribution in [3.63, 3.8) is 0 Å². The van der Waals surface area contributed by atoms with Crippen molar-refractivity contribution in [2.45, 2.75) is 39.2 Å². The molecule has 6 nitrogen and oxygen atoms in total. The van der Waals surface area contributed by atoms with Crippen LogP contribution >= 0.6 is 0 Å². The molecule has 1 amide bonds. The highest BCUT2D eigenvalue weighted by Gasteiger charge is 2.26. The van der Waals surface area contributed by atoms with Crippen LogP contribution in [0, 0.1) is 5.92 Å². The summed E-state index contributed by atoms with van der Waals surface area (Å²) in [4.78, 5) is 25.3. The second kappa shape index (κ2) is 9.73. The molecule has 1 heterocycles. The molecule has 0 unspecified atom stereocenters. The summed E-state index contributed by atoms with van der Waals surface area (Å²) in [5.41, 5.74) is 0. The van der Waals surface area contributed by atoms with Crippen molar-refractivity contribution in [3.8, 4) is 0 Å². The molecule has 0 saturated carbocycles. The molecule has 1 aliphatic rings. The van der Waals surface area contributed by atoms with Crippen LogP contribution in [-0.2, 0) is 19.1 Å². The highest BCUT2D eigenvalue weighted by molar-refractivity contribution is 5.78. The number of rotatable bonds is 8. The van der Waals surface area contributed by atoms with Crippen molar-refractivity contribution in [1.82, 2.24) is 10.2 Å². The highest BCUT2D eigenvalue weighted by atomic mass is 16.5. The zero-order valence-corrected chi connectivity index (χ0v) is 13.4. The van der Waals surface area contributed by atoms with Gasteiger partial charge < -0.3 is 14.8 Å². The Morgan fingerprint density at radius 1 is 1.29 bits per heavy atom. The van der Waals surface area contributed by atoms with Crippen LogP contribution in [0.4, 0.5) is 0 Å². The fourth-order valence-electron chi connectivity index (χ4n) is 2.37. The summed E-state index contributed by atoms with van der Waals surface area (Å²) in [7, 11) is 1.42. The molecule has 0 spiro atoms. The van der Waals surface area contributed by atoms with E-state index in [-0.39, 0.29) is 23.9 Å². The number of piperidine rings is 1.